The van der Waals surface area contributed by atoms with Crippen molar-refractivity contribution in [2.75, 3.05) is 0 Å². The molecule has 2 aromatic rings. The maximum atomic E-state index is 13.1. The number of nitrogens with one attached hydrogen (secondary N) is 1. The van der Waals surface area contributed by atoms with Gasteiger partial charge in [-0.25, -0.2) is 0 Å². The van der Waals surface area contributed by atoms with Crippen LogP contribution < -0.4 is 5.32 Å². The maximum Gasteiger partial charge on any atom is 0.458 e. The Kier molecular flexibility index (Phi) is 4.68. The summed E-state index contributed by atoms with van der Waals surface area (Å²) in [5.41, 5.74) is -0.299. The molecule has 0 aliphatic carbocycles. The Morgan fingerprint density at radius 3 is 1.96 bits per heavy atom. The molecule has 0 aliphatic heterocycles. The fourth-order valence-corrected chi connectivity index (χ4v) is 1.87. The molecule has 1 N–H and O–H groups in total. The van der Waals surface area contributed by atoms with Gasteiger partial charge in [-0.2, -0.15) is 22.0 Å². The summed E-state index contributed by atoms with van der Waals surface area (Å²) in [6, 6.07) is 12.0. The van der Waals surface area contributed by atoms with Crippen LogP contribution in [-0.4, -0.2) is 12.1 Å². The first kappa shape index (κ1) is 16.9. The van der Waals surface area contributed by atoms with Gasteiger partial charge in [-0.1, -0.05) is 42.5 Å². The van der Waals surface area contributed by atoms with E-state index in [1.165, 1.54) is 0 Å². The zero-order valence-corrected chi connectivity index (χ0v) is 11.7. The van der Waals surface area contributed by atoms with Gasteiger partial charge in [0.2, 0.25) is 0 Å². The fourth-order valence-electron chi connectivity index (χ4n) is 1.87. The van der Waals surface area contributed by atoms with Crippen molar-refractivity contribution in [1.82, 2.24) is 5.32 Å². The Hall–Kier alpha value is -2.44. The summed E-state index contributed by atoms with van der Waals surface area (Å²) >= 11 is 0. The molecule has 0 fully saturated rings. The van der Waals surface area contributed by atoms with E-state index < -0.39 is 17.7 Å². The molecule has 23 heavy (non-hydrogen) atoms. The lowest BCUT2D eigenvalue weighted by atomic mass is 10.1. The maximum absolute atomic E-state index is 13.1. The minimum atomic E-state index is -5.64. The van der Waals surface area contributed by atoms with E-state index in [-0.39, 0.29) is 12.5 Å². The average Bonchev–Trinajstić information content (AvgIpc) is 2.53. The van der Waals surface area contributed by atoms with Gasteiger partial charge in [-0.15, -0.1) is 0 Å². The molecule has 2 rings (SSSR count). The Bertz CT molecular complexity index is 665. The van der Waals surface area contributed by atoms with Gasteiger partial charge in [0.15, 0.2) is 0 Å². The van der Waals surface area contributed by atoms with Gasteiger partial charge >= 0.3 is 12.1 Å². The third-order valence-corrected chi connectivity index (χ3v) is 3.16. The number of amides is 1. The number of alkyl halides is 5. The molecule has 0 bridgehead atoms. The fraction of sp³-hybridized carbons (Fsp3) is 0.188. The van der Waals surface area contributed by atoms with Crippen LogP contribution in [0.5, 0.6) is 0 Å². The quantitative estimate of drug-likeness (QED) is 0.834. The van der Waals surface area contributed by atoms with E-state index in [1.54, 1.807) is 30.3 Å². The summed E-state index contributed by atoms with van der Waals surface area (Å²) in [7, 11) is 0. The predicted octanol–water partition coefficient (Wildman–Crippen LogP) is 4.27. The monoisotopic (exact) mass is 329 g/mol. The predicted molar refractivity (Wildman–Crippen MR) is 74.0 cm³/mol. The van der Waals surface area contributed by atoms with E-state index in [9.17, 15) is 26.7 Å². The Balaban J connectivity index is 2.02. The molecule has 0 radical (unpaired) electrons. The highest BCUT2D eigenvalue weighted by molar-refractivity contribution is 5.94. The van der Waals surface area contributed by atoms with E-state index in [2.05, 4.69) is 5.32 Å². The van der Waals surface area contributed by atoms with E-state index in [0.717, 1.165) is 12.1 Å². The van der Waals surface area contributed by atoms with Gasteiger partial charge in [0.1, 0.15) is 0 Å². The van der Waals surface area contributed by atoms with Crippen molar-refractivity contribution in [2.24, 2.45) is 0 Å². The summed E-state index contributed by atoms with van der Waals surface area (Å²) < 4.78 is 63.0. The molecule has 0 heterocycles. The van der Waals surface area contributed by atoms with Crippen LogP contribution >= 0.6 is 0 Å². The first-order valence-electron chi connectivity index (χ1n) is 6.59. The topological polar surface area (TPSA) is 29.1 Å². The van der Waals surface area contributed by atoms with Crippen molar-refractivity contribution < 1.29 is 26.7 Å². The standard InChI is InChI=1S/C16H12F5NO/c17-15(18,16(19,20)21)13-8-6-11(7-9-13)10-22-14(23)12-4-2-1-3-5-12/h1-9H,10H2,(H,22,23). The van der Waals surface area contributed by atoms with Crippen LogP contribution in [0, 0.1) is 0 Å². The van der Waals surface area contributed by atoms with Gasteiger partial charge in [0, 0.05) is 17.7 Å². The van der Waals surface area contributed by atoms with Crippen molar-refractivity contribution in [2.45, 2.75) is 18.6 Å². The van der Waals surface area contributed by atoms with Crippen LogP contribution in [0.2, 0.25) is 0 Å². The normalized spacial score (nSPS) is 12.0. The molecular weight excluding hydrogens is 317 g/mol. The summed E-state index contributed by atoms with van der Waals surface area (Å²) in [5, 5.41) is 2.56. The van der Waals surface area contributed by atoms with Crippen molar-refractivity contribution in [3.8, 4) is 0 Å². The molecule has 122 valence electrons. The second-order valence-corrected chi connectivity index (χ2v) is 4.82. The molecular formula is C16H12F5NO. The zero-order chi connectivity index (χ0) is 17.1. The van der Waals surface area contributed by atoms with Crippen LogP contribution in [0.25, 0.3) is 0 Å². The second kappa shape index (κ2) is 6.36. The van der Waals surface area contributed by atoms with Crippen molar-refractivity contribution in [3.63, 3.8) is 0 Å². The number of halogens is 5. The SMILES string of the molecule is O=C(NCc1ccc(C(F)(F)C(F)(F)F)cc1)c1ccccc1. The lowest BCUT2D eigenvalue weighted by Crippen LogP contribution is -2.33. The molecule has 0 unspecified atom stereocenters. The van der Waals surface area contributed by atoms with Crippen molar-refractivity contribution in [3.05, 3.63) is 71.3 Å². The van der Waals surface area contributed by atoms with Crippen LogP contribution in [-0.2, 0) is 12.5 Å². The van der Waals surface area contributed by atoms with Gasteiger partial charge in [-0.05, 0) is 17.7 Å². The number of hydrogen-bond acceptors (Lipinski definition) is 1. The van der Waals surface area contributed by atoms with Crippen LogP contribution in [0.4, 0.5) is 22.0 Å². The third kappa shape index (κ3) is 3.85. The lowest BCUT2D eigenvalue weighted by molar-refractivity contribution is -0.289. The zero-order valence-electron chi connectivity index (χ0n) is 11.7. The molecule has 2 aromatic carbocycles. The van der Waals surface area contributed by atoms with E-state index in [0.29, 0.717) is 23.3 Å². The third-order valence-electron chi connectivity index (χ3n) is 3.16. The lowest BCUT2D eigenvalue weighted by Gasteiger charge is -2.20. The molecule has 1 amide bonds. The van der Waals surface area contributed by atoms with E-state index in [1.807, 2.05) is 0 Å². The average molecular weight is 329 g/mol. The molecule has 0 atom stereocenters. The van der Waals surface area contributed by atoms with Gasteiger partial charge in [0.05, 0.1) is 0 Å². The smallest absolute Gasteiger partial charge is 0.348 e. The van der Waals surface area contributed by atoms with Crippen molar-refractivity contribution >= 4 is 5.91 Å². The number of carbonyl (C=O) groups is 1. The minimum absolute atomic E-state index is 0.0194. The summed E-state index contributed by atoms with van der Waals surface area (Å²) in [4.78, 5) is 11.8. The van der Waals surface area contributed by atoms with Crippen molar-refractivity contribution in [1.29, 1.82) is 0 Å². The Labute approximate surface area is 128 Å². The molecule has 0 saturated carbocycles. The molecule has 0 saturated heterocycles. The highest BCUT2D eigenvalue weighted by atomic mass is 19.4. The van der Waals surface area contributed by atoms with Gasteiger partial charge in [0.25, 0.3) is 5.91 Å². The van der Waals surface area contributed by atoms with Crippen LogP contribution in [0.1, 0.15) is 21.5 Å². The molecule has 0 aliphatic rings. The molecule has 0 aromatic heterocycles. The summed E-state index contributed by atoms with van der Waals surface area (Å²) in [6.45, 7) is 0.0194. The minimum Gasteiger partial charge on any atom is -0.348 e. The Morgan fingerprint density at radius 1 is 0.870 bits per heavy atom. The second-order valence-electron chi connectivity index (χ2n) is 4.82. The van der Waals surface area contributed by atoms with Gasteiger partial charge < -0.3 is 5.32 Å². The van der Waals surface area contributed by atoms with E-state index >= 15 is 0 Å². The number of hydrogen-bond donors (Lipinski definition) is 1. The first-order chi connectivity index (χ1) is 10.7. The summed E-state index contributed by atoms with van der Waals surface area (Å²) in [6.07, 6.45) is -5.64. The first-order valence-corrected chi connectivity index (χ1v) is 6.59. The highest BCUT2D eigenvalue weighted by Gasteiger charge is 2.58. The largest absolute Gasteiger partial charge is 0.458 e. The van der Waals surface area contributed by atoms with Crippen LogP contribution in [0.3, 0.4) is 0 Å². The van der Waals surface area contributed by atoms with Crippen LogP contribution in [0.15, 0.2) is 54.6 Å². The number of rotatable bonds is 4. The summed E-state index contributed by atoms with van der Waals surface area (Å²) in [5.74, 6) is -5.27. The van der Waals surface area contributed by atoms with E-state index in [4.69, 9.17) is 0 Å². The highest BCUT2D eigenvalue weighted by Crippen LogP contribution is 2.43. The number of carbonyl (C=O) groups excluding carboxylic acids is 1. The Morgan fingerprint density at radius 2 is 1.43 bits per heavy atom. The number of benzene rings is 2. The molecule has 7 heteroatoms. The molecule has 0 spiro atoms. The van der Waals surface area contributed by atoms with Gasteiger partial charge in [-0.3, -0.25) is 4.79 Å². The molecule has 2 nitrogen and oxygen atoms in total.